The molecule has 0 radical (unpaired) electrons. The number of rotatable bonds is 4. The SMILES string of the molecule is CN(C)CCC(C)(C)C1(N)CC1. The fourth-order valence-corrected chi connectivity index (χ4v) is 1.56. The van der Waals surface area contributed by atoms with Gasteiger partial charge in [-0.05, 0) is 45.3 Å². The van der Waals surface area contributed by atoms with Crippen molar-refractivity contribution in [2.75, 3.05) is 20.6 Å². The number of hydrogen-bond donors (Lipinski definition) is 1. The second kappa shape index (κ2) is 3.00. The average Bonchev–Trinajstić information content (AvgIpc) is 2.65. The van der Waals surface area contributed by atoms with Crippen molar-refractivity contribution < 1.29 is 0 Å². The smallest absolute Gasteiger partial charge is 0.0207 e. The molecule has 0 amide bonds. The fraction of sp³-hybridized carbons (Fsp3) is 1.00. The van der Waals surface area contributed by atoms with Crippen LogP contribution in [0, 0.1) is 5.41 Å². The summed E-state index contributed by atoms with van der Waals surface area (Å²) in [5, 5.41) is 0. The molecule has 0 aromatic carbocycles. The largest absolute Gasteiger partial charge is 0.325 e. The van der Waals surface area contributed by atoms with Crippen LogP contribution in [0.3, 0.4) is 0 Å². The van der Waals surface area contributed by atoms with Crippen LogP contribution in [0.1, 0.15) is 33.1 Å². The summed E-state index contributed by atoms with van der Waals surface area (Å²) in [4.78, 5) is 2.23. The summed E-state index contributed by atoms with van der Waals surface area (Å²) >= 11 is 0. The van der Waals surface area contributed by atoms with E-state index in [0.29, 0.717) is 5.41 Å². The number of hydrogen-bond acceptors (Lipinski definition) is 2. The van der Waals surface area contributed by atoms with Gasteiger partial charge in [-0.3, -0.25) is 0 Å². The van der Waals surface area contributed by atoms with Gasteiger partial charge in [-0.15, -0.1) is 0 Å². The Morgan fingerprint density at radius 1 is 1.33 bits per heavy atom. The number of nitrogens with two attached hydrogens (primary N) is 1. The first-order chi connectivity index (χ1) is 5.37. The van der Waals surface area contributed by atoms with Gasteiger partial charge in [-0.25, -0.2) is 0 Å². The monoisotopic (exact) mass is 170 g/mol. The van der Waals surface area contributed by atoms with Gasteiger partial charge in [0, 0.05) is 5.54 Å². The van der Waals surface area contributed by atoms with E-state index in [-0.39, 0.29) is 5.54 Å². The quantitative estimate of drug-likeness (QED) is 0.692. The highest BCUT2D eigenvalue weighted by molar-refractivity contribution is 5.08. The Balaban J connectivity index is 2.38. The van der Waals surface area contributed by atoms with E-state index in [1.807, 2.05) is 0 Å². The van der Waals surface area contributed by atoms with E-state index in [9.17, 15) is 0 Å². The zero-order chi connectivity index (χ0) is 9.41. The summed E-state index contributed by atoms with van der Waals surface area (Å²) in [5.41, 5.74) is 6.66. The second-order valence-electron chi connectivity index (χ2n) is 5.09. The Hall–Kier alpha value is -0.0800. The van der Waals surface area contributed by atoms with Gasteiger partial charge in [0.1, 0.15) is 0 Å². The van der Waals surface area contributed by atoms with Gasteiger partial charge in [0.25, 0.3) is 0 Å². The first-order valence-corrected chi connectivity index (χ1v) is 4.81. The van der Waals surface area contributed by atoms with E-state index in [1.54, 1.807) is 0 Å². The predicted molar refractivity (Wildman–Crippen MR) is 53.1 cm³/mol. The van der Waals surface area contributed by atoms with Crippen LogP contribution in [0.4, 0.5) is 0 Å². The third-order valence-corrected chi connectivity index (χ3v) is 3.32. The lowest BCUT2D eigenvalue weighted by atomic mass is 9.79. The van der Waals surface area contributed by atoms with Crippen LogP contribution < -0.4 is 5.73 Å². The minimum absolute atomic E-state index is 0.156. The molecule has 1 aliphatic rings. The van der Waals surface area contributed by atoms with Gasteiger partial charge >= 0.3 is 0 Å². The molecule has 0 aromatic heterocycles. The molecule has 1 aliphatic carbocycles. The Labute approximate surface area is 76.1 Å². The molecule has 12 heavy (non-hydrogen) atoms. The van der Waals surface area contributed by atoms with Crippen LogP contribution in [0.5, 0.6) is 0 Å². The third kappa shape index (κ3) is 1.99. The summed E-state index contributed by atoms with van der Waals surface area (Å²) in [5.74, 6) is 0. The van der Waals surface area contributed by atoms with E-state index in [1.165, 1.54) is 19.3 Å². The topological polar surface area (TPSA) is 29.3 Å². The third-order valence-electron chi connectivity index (χ3n) is 3.32. The molecule has 72 valence electrons. The second-order valence-corrected chi connectivity index (χ2v) is 5.09. The van der Waals surface area contributed by atoms with Crippen molar-refractivity contribution >= 4 is 0 Å². The highest BCUT2D eigenvalue weighted by Gasteiger charge is 2.50. The summed E-state index contributed by atoms with van der Waals surface area (Å²) in [6.07, 6.45) is 3.64. The summed E-state index contributed by atoms with van der Waals surface area (Å²) in [7, 11) is 4.23. The zero-order valence-corrected chi connectivity index (χ0v) is 8.85. The maximum Gasteiger partial charge on any atom is 0.0207 e. The molecule has 2 N–H and O–H groups in total. The molecule has 0 aliphatic heterocycles. The highest BCUT2D eigenvalue weighted by atomic mass is 15.1. The van der Waals surface area contributed by atoms with Crippen molar-refractivity contribution in [1.29, 1.82) is 0 Å². The summed E-state index contributed by atoms with van der Waals surface area (Å²) in [6.45, 7) is 5.74. The molecule has 0 unspecified atom stereocenters. The van der Waals surface area contributed by atoms with Crippen molar-refractivity contribution in [3.05, 3.63) is 0 Å². The van der Waals surface area contributed by atoms with E-state index in [4.69, 9.17) is 5.73 Å². The molecule has 1 rings (SSSR count). The molecule has 0 saturated heterocycles. The van der Waals surface area contributed by atoms with Gasteiger partial charge in [-0.1, -0.05) is 13.8 Å². The average molecular weight is 170 g/mol. The van der Waals surface area contributed by atoms with Gasteiger partial charge in [0.2, 0.25) is 0 Å². The van der Waals surface area contributed by atoms with Crippen LogP contribution in [0.25, 0.3) is 0 Å². The standard InChI is InChI=1S/C10H22N2/c1-9(2,7-8-12(3)4)10(11)5-6-10/h5-8,11H2,1-4H3. The highest BCUT2D eigenvalue weighted by Crippen LogP contribution is 2.49. The molecule has 2 nitrogen and oxygen atoms in total. The first kappa shape index (κ1) is 10.0. The maximum atomic E-state index is 6.19. The van der Waals surface area contributed by atoms with Crippen LogP contribution in [-0.4, -0.2) is 31.1 Å². The molecule has 0 bridgehead atoms. The van der Waals surface area contributed by atoms with E-state index >= 15 is 0 Å². The lowest BCUT2D eigenvalue weighted by Crippen LogP contribution is -2.41. The minimum Gasteiger partial charge on any atom is -0.325 e. The Bertz CT molecular complexity index is 157. The minimum atomic E-state index is 0.156. The van der Waals surface area contributed by atoms with Crippen LogP contribution in [-0.2, 0) is 0 Å². The van der Waals surface area contributed by atoms with Crippen molar-refractivity contribution in [3.63, 3.8) is 0 Å². The van der Waals surface area contributed by atoms with Gasteiger partial charge in [-0.2, -0.15) is 0 Å². The van der Waals surface area contributed by atoms with Crippen molar-refractivity contribution in [1.82, 2.24) is 4.90 Å². The summed E-state index contributed by atoms with van der Waals surface area (Å²) < 4.78 is 0. The molecule has 0 aromatic rings. The van der Waals surface area contributed by atoms with Gasteiger partial charge < -0.3 is 10.6 Å². The van der Waals surface area contributed by atoms with E-state index in [2.05, 4.69) is 32.8 Å². The molecule has 1 fully saturated rings. The van der Waals surface area contributed by atoms with Gasteiger partial charge in [0.05, 0.1) is 0 Å². The Kier molecular flexibility index (Phi) is 2.50. The molecule has 1 saturated carbocycles. The van der Waals surface area contributed by atoms with Crippen LogP contribution >= 0.6 is 0 Å². The maximum absolute atomic E-state index is 6.19. The molecule has 0 spiro atoms. The van der Waals surface area contributed by atoms with Crippen LogP contribution in [0.15, 0.2) is 0 Å². The van der Waals surface area contributed by atoms with Crippen LogP contribution in [0.2, 0.25) is 0 Å². The fourth-order valence-electron chi connectivity index (χ4n) is 1.56. The lowest BCUT2D eigenvalue weighted by molar-refractivity contribution is 0.213. The number of nitrogens with zero attached hydrogens (tertiary/aromatic N) is 1. The molecular weight excluding hydrogens is 148 g/mol. The molecule has 2 heteroatoms. The first-order valence-electron chi connectivity index (χ1n) is 4.81. The normalized spacial score (nSPS) is 21.5. The van der Waals surface area contributed by atoms with Crippen molar-refractivity contribution in [2.45, 2.75) is 38.6 Å². The van der Waals surface area contributed by atoms with Gasteiger partial charge in [0.15, 0.2) is 0 Å². The zero-order valence-electron chi connectivity index (χ0n) is 8.85. The molecular formula is C10H22N2. The molecule has 0 heterocycles. The van der Waals surface area contributed by atoms with E-state index < -0.39 is 0 Å². The Morgan fingerprint density at radius 3 is 2.17 bits per heavy atom. The molecule has 0 atom stereocenters. The van der Waals surface area contributed by atoms with Crippen molar-refractivity contribution in [3.8, 4) is 0 Å². The van der Waals surface area contributed by atoms with Crippen molar-refractivity contribution in [2.24, 2.45) is 11.1 Å². The predicted octanol–water partition coefficient (Wildman–Crippen LogP) is 1.46. The van der Waals surface area contributed by atoms with E-state index in [0.717, 1.165) is 6.54 Å². The summed E-state index contributed by atoms with van der Waals surface area (Å²) in [6, 6.07) is 0. The Morgan fingerprint density at radius 2 is 1.83 bits per heavy atom. The lowest BCUT2D eigenvalue weighted by Gasteiger charge is -2.33.